The molecule has 2 aromatic rings. The molecule has 2 aromatic carbocycles. The van der Waals surface area contributed by atoms with Gasteiger partial charge in [0, 0.05) is 24.6 Å². The molecule has 0 bridgehead atoms. The SMILES string of the molecule is C=CCCCCOc1cc2c3c(c1Br)O[C@@H]1C/C(=N/NS(=O)(=O)c4ccc(C)cc4)C=CC31C[C@@H](CO)NC2. The molecule has 208 valence electrons. The standard InChI is InChI=1S/C29H34BrN3O5S/c1-3-4-5-6-13-37-24-14-20-17-31-22(18-34)16-29-12-11-21(15-25(29)38-28(26(20)29)27(24)30)32-33-39(35,36)23-9-7-19(2)8-10-23/h3,7-12,14,22,25,31,33-34H,1,4-6,13,15-18H2,2H3/b32-21+/t22-,25+,29?/m0/s1. The molecule has 0 radical (unpaired) electrons. The summed E-state index contributed by atoms with van der Waals surface area (Å²) in [5, 5.41) is 17.8. The minimum absolute atomic E-state index is 0.00322. The first-order valence-corrected chi connectivity index (χ1v) is 15.5. The van der Waals surface area contributed by atoms with Crippen LogP contribution in [-0.4, -0.2) is 44.6 Å². The zero-order valence-corrected chi connectivity index (χ0v) is 24.4. The molecule has 0 aromatic heterocycles. The summed E-state index contributed by atoms with van der Waals surface area (Å²) >= 11 is 3.74. The maximum atomic E-state index is 12.8. The number of aliphatic hydroxyl groups is 1. The van der Waals surface area contributed by atoms with Gasteiger partial charge >= 0.3 is 0 Å². The van der Waals surface area contributed by atoms with Gasteiger partial charge in [0.25, 0.3) is 10.0 Å². The van der Waals surface area contributed by atoms with Gasteiger partial charge in [0.1, 0.15) is 22.1 Å². The monoisotopic (exact) mass is 615 g/mol. The van der Waals surface area contributed by atoms with E-state index in [9.17, 15) is 13.5 Å². The van der Waals surface area contributed by atoms with E-state index in [1.807, 2.05) is 19.1 Å². The number of hydrazone groups is 1. The Balaban J connectivity index is 1.43. The predicted octanol–water partition coefficient (Wildman–Crippen LogP) is 4.64. The fourth-order valence-electron chi connectivity index (χ4n) is 5.56. The summed E-state index contributed by atoms with van der Waals surface area (Å²) in [6, 6.07) is 8.56. The van der Waals surface area contributed by atoms with Crippen LogP contribution >= 0.6 is 15.9 Å². The minimum Gasteiger partial charge on any atom is -0.492 e. The number of rotatable bonds is 10. The molecule has 3 atom stereocenters. The highest BCUT2D eigenvalue weighted by Gasteiger charge is 2.53. The second-order valence-corrected chi connectivity index (χ2v) is 12.8. The van der Waals surface area contributed by atoms with Gasteiger partial charge in [-0.1, -0.05) is 29.8 Å². The van der Waals surface area contributed by atoms with Crippen LogP contribution in [0.2, 0.25) is 0 Å². The van der Waals surface area contributed by atoms with Crippen molar-refractivity contribution >= 4 is 31.7 Å². The molecule has 1 unspecified atom stereocenters. The molecule has 1 aliphatic carbocycles. The van der Waals surface area contributed by atoms with E-state index in [-0.39, 0.29) is 23.6 Å². The molecule has 0 saturated carbocycles. The molecule has 39 heavy (non-hydrogen) atoms. The molecule has 8 nitrogen and oxygen atoms in total. The number of ether oxygens (including phenoxy) is 2. The van der Waals surface area contributed by atoms with Gasteiger partial charge in [-0.25, -0.2) is 0 Å². The fraction of sp³-hybridized carbons (Fsp3) is 0.414. The zero-order chi connectivity index (χ0) is 27.6. The number of benzene rings is 2. The Labute approximate surface area is 238 Å². The van der Waals surface area contributed by atoms with Gasteiger partial charge in [0.05, 0.1) is 29.2 Å². The Kier molecular flexibility index (Phi) is 8.19. The number of aryl methyl sites for hydroxylation is 1. The number of nitrogens with one attached hydrogen (secondary N) is 2. The summed E-state index contributed by atoms with van der Waals surface area (Å²) in [5.41, 5.74) is 3.21. The van der Waals surface area contributed by atoms with Crippen molar-refractivity contribution in [2.45, 2.75) is 68.0 Å². The number of unbranched alkanes of at least 4 members (excludes halogenated alkanes) is 2. The third-order valence-electron chi connectivity index (χ3n) is 7.62. The van der Waals surface area contributed by atoms with Crippen LogP contribution in [0.15, 0.2) is 69.6 Å². The predicted molar refractivity (Wildman–Crippen MR) is 155 cm³/mol. The molecular formula is C29H34BrN3O5S. The van der Waals surface area contributed by atoms with Crippen molar-refractivity contribution in [2.24, 2.45) is 5.10 Å². The maximum Gasteiger partial charge on any atom is 0.276 e. The molecule has 1 spiro atoms. The zero-order valence-electron chi connectivity index (χ0n) is 22.0. The topological polar surface area (TPSA) is 109 Å². The smallest absolute Gasteiger partial charge is 0.276 e. The second kappa shape index (κ2) is 11.4. The third-order valence-corrected chi connectivity index (χ3v) is 9.60. The summed E-state index contributed by atoms with van der Waals surface area (Å²) in [7, 11) is -3.80. The molecule has 0 saturated heterocycles. The minimum atomic E-state index is -3.80. The highest BCUT2D eigenvalue weighted by Crippen LogP contribution is 2.56. The van der Waals surface area contributed by atoms with Crippen LogP contribution in [-0.2, 0) is 22.0 Å². The number of nitrogens with zero attached hydrogens (tertiary/aromatic N) is 1. The van der Waals surface area contributed by atoms with Crippen LogP contribution in [0.5, 0.6) is 11.5 Å². The number of aliphatic hydroxyl groups excluding tert-OH is 1. The molecule has 3 aliphatic rings. The number of halogens is 1. The van der Waals surface area contributed by atoms with Crippen molar-refractivity contribution < 1.29 is 23.0 Å². The van der Waals surface area contributed by atoms with Crippen LogP contribution in [0.4, 0.5) is 0 Å². The molecule has 0 fully saturated rings. The molecule has 2 aliphatic heterocycles. The van der Waals surface area contributed by atoms with Gasteiger partial charge in [0.15, 0.2) is 0 Å². The summed E-state index contributed by atoms with van der Waals surface area (Å²) in [6.45, 7) is 6.84. The highest BCUT2D eigenvalue weighted by molar-refractivity contribution is 9.10. The van der Waals surface area contributed by atoms with E-state index in [4.69, 9.17) is 9.47 Å². The molecule has 5 rings (SSSR count). The summed E-state index contributed by atoms with van der Waals surface area (Å²) in [4.78, 5) is 2.53. The Bertz CT molecular complexity index is 1410. The number of hydrogen-bond donors (Lipinski definition) is 3. The quantitative estimate of drug-likeness (QED) is 0.204. The Morgan fingerprint density at radius 2 is 2.13 bits per heavy atom. The average Bonchev–Trinajstić information content (AvgIpc) is 3.17. The lowest BCUT2D eigenvalue weighted by Crippen LogP contribution is -2.45. The van der Waals surface area contributed by atoms with Crippen molar-refractivity contribution in [2.75, 3.05) is 13.2 Å². The summed E-state index contributed by atoms with van der Waals surface area (Å²) in [6.07, 6.45) is 9.47. The van der Waals surface area contributed by atoms with Gasteiger partial charge in [-0.15, -0.1) is 6.58 Å². The Morgan fingerprint density at radius 3 is 2.87 bits per heavy atom. The number of hydrogen-bond acceptors (Lipinski definition) is 7. The van der Waals surface area contributed by atoms with Gasteiger partial charge in [-0.3, -0.25) is 0 Å². The Morgan fingerprint density at radius 1 is 1.33 bits per heavy atom. The van der Waals surface area contributed by atoms with E-state index >= 15 is 0 Å². The number of allylic oxidation sites excluding steroid dienone is 2. The third kappa shape index (κ3) is 5.52. The van der Waals surface area contributed by atoms with Gasteiger partial charge in [0.2, 0.25) is 0 Å². The van der Waals surface area contributed by atoms with Crippen molar-refractivity contribution in [1.82, 2.24) is 10.1 Å². The first-order chi connectivity index (χ1) is 18.8. The van der Waals surface area contributed by atoms with Crippen molar-refractivity contribution in [3.8, 4) is 11.5 Å². The van der Waals surface area contributed by atoms with Gasteiger partial charge < -0.3 is 19.9 Å². The lowest BCUT2D eigenvalue weighted by atomic mass is 9.68. The van der Waals surface area contributed by atoms with Crippen LogP contribution < -0.4 is 19.6 Å². The van der Waals surface area contributed by atoms with Crippen molar-refractivity contribution in [3.63, 3.8) is 0 Å². The van der Waals surface area contributed by atoms with E-state index in [1.54, 1.807) is 24.3 Å². The Hall–Kier alpha value is -2.66. The maximum absolute atomic E-state index is 12.8. The first-order valence-electron chi connectivity index (χ1n) is 13.2. The summed E-state index contributed by atoms with van der Waals surface area (Å²) in [5.74, 6) is 1.47. The van der Waals surface area contributed by atoms with Crippen LogP contribution in [0, 0.1) is 6.92 Å². The van der Waals surface area contributed by atoms with E-state index in [2.05, 4.69) is 49.9 Å². The van der Waals surface area contributed by atoms with E-state index in [0.717, 1.165) is 51.9 Å². The number of sulfonamides is 1. The molecule has 10 heteroatoms. The van der Waals surface area contributed by atoms with Crippen LogP contribution in [0.25, 0.3) is 0 Å². The first kappa shape index (κ1) is 27.9. The normalized spacial score (nSPS) is 24.4. The second-order valence-electron chi connectivity index (χ2n) is 10.3. The molecule has 0 amide bonds. The van der Waals surface area contributed by atoms with Gasteiger partial charge in [-0.2, -0.15) is 18.4 Å². The lowest BCUT2D eigenvalue weighted by molar-refractivity contribution is 0.146. The van der Waals surface area contributed by atoms with Crippen LogP contribution in [0.3, 0.4) is 0 Å². The van der Waals surface area contributed by atoms with E-state index in [0.29, 0.717) is 31.7 Å². The molecule has 3 N–H and O–H groups in total. The highest BCUT2D eigenvalue weighted by atomic mass is 79.9. The molecular weight excluding hydrogens is 582 g/mol. The lowest BCUT2D eigenvalue weighted by Gasteiger charge is -2.36. The average molecular weight is 617 g/mol. The largest absolute Gasteiger partial charge is 0.492 e. The van der Waals surface area contributed by atoms with Gasteiger partial charge in [-0.05, 0) is 78.4 Å². The van der Waals surface area contributed by atoms with E-state index < -0.39 is 15.4 Å². The van der Waals surface area contributed by atoms with E-state index in [1.165, 1.54) is 0 Å². The van der Waals surface area contributed by atoms with Crippen molar-refractivity contribution in [1.29, 1.82) is 0 Å². The van der Waals surface area contributed by atoms with Crippen LogP contribution in [0.1, 0.15) is 48.8 Å². The van der Waals surface area contributed by atoms with Crippen molar-refractivity contribution in [3.05, 3.63) is 76.3 Å². The summed E-state index contributed by atoms with van der Waals surface area (Å²) < 4.78 is 39.1. The fourth-order valence-corrected chi connectivity index (χ4v) is 6.92. The molecule has 2 heterocycles.